The number of rotatable bonds is 4. The van der Waals surface area contributed by atoms with Crippen LogP contribution in [0.5, 0.6) is 0 Å². The molecule has 66 valence electrons. The molecule has 0 saturated heterocycles. The molecule has 0 heterocycles. The second-order valence-corrected chi connectivity index (χ2v) is 2.84. The van der Waals surface area contributed by atoms with Crippen molar-refractivity contribution < 1.29 is 4.39 Å². The molecule has 1 aromatic rings. The first kappa shape index (κ1) is 9.20. The zero-order valence-electron chi connectivity index (χ0n) is 7.26. The first-order valence-corrected chi connectivity index (χ1v) is 4.15. The van der Waals surface area contributed by atoms with E-state index in [-0.39, 0.29) is 0 Å². The monoisotopic (exact) mass is 167 g/mol. The molecule has 1 nitrogen and oxygen atoms in total. The summed E-state index contributed by atoms with van der Waals surface area (Å²) >= 11 is 0. The maximum atomic E-state index is 13.0. The average molecular weight is 167 g/mol. The van der Waals surface area contributed by atoms with Gasteiger partial charge in [-0.05, 0) is 12.6 Å². The lowest BCUT2D eigenvalue weighted by atomic mass is 10.1. The molecule has 1 N–H and O–H groups in total. The van der Waals surface area contributed by atoms with E-state index in [1.807, 2.05) is 30.3 Å². The molecule has 0 radical (unpaired) electrons. The zero-order valence-corrected chi connectivity index (χ0v) is 7.26. The number of benzene rings is 1. The molecule has 0 aliphatic rings. The summed E-state index contributed by atoms with van der Waals surface area (Å²) in [7, 11) is 1.76. The molecule has 0 unspecified atom stereocenters. The second-order valence-electron chi connectivity index (χ2n) is 2.84. The molecular weight excluding hydrogens is 153 g/mol. The summed E-state index contributed by atoms with van der Waals surface area (Å²) in [6, 6.07) is 9.70. The highest BCUT2D eigenvalue weighted by atomic mass is 19.1. The van der Waals surface area contributed by atoms with Crippen molar-refractivity contribution in [2.75, 3.05) is 13.6 Å². The van der Waals surface area contributed by atoms with Gasteiger partial charge in [0.05, 0.1) is 0 Å². The number of hydrogen-bond acceptors (Lipinski definition) is 1. The van der Waals surface area contributed by atoms with Crippen molar-refractivity contribution in [3.8, 4) is 0 Å². The molecule has 1 atom stereocenters. The molecule has 1 rings (SSSR count). The van der Waals surface area contributed by atoms with E-state index in [4.69, 9.17) is 0 Å². The molecule has 0 aromatic heterocycles. The van der Waals surface area contributed by atoms with Gasteiger partial charge in [0.25, 0.3) is 0 Å². The summed E-state index contributed by atoms with van der Waals surface area (Å²) < 4.78 is 13.0. The molecule has 0 amide bonds. The van der Waals surface area contributed by atoms with E-state index >= 15 is 0 Å². The van der Waals surface area contributed by atoms with Crippen molar-refractivity contribution in [3.05, 3.63) is 35.9 Å². The predicted molar refractivity (Wildman–Crippen MR) is 49.0 cm³/mol. The number of alkyl halides is 1. The van der Waals surface area contributed by atoms with Crippen molar-refractivity contribution >= 4 is 0 Å². The average Bonchev–Trinajstić information content (AvgIpc) is 2.06. The van der Waals surface area contributed by atoms with E-state index in [0.29, 0.717) is 13.0 Å². The van der Waals surface area contributed by atoms with Gasteiger partial charge in [0, 0.05) is 13.0 Å². The Morgan fingerprint density at radius 3 is 2.58 bits per heavy atom. The van der Waals surface area contributed by atoms with Crippen LogP contribution in [-0.4, -0.2) is 19.8 Å². The summed E-state index contributed by atoms with van der Waals surface area (Å²) in [5, 5.41) is 2.81. The van der Waals surface area contributed by atoms with Crippen molar-refractivity contribution in [2.45, 2.75) is 12.6 Å². The zero-order chi connectivity index (χ0) is 8.81. The molecule has 0 aliphatic carbocycles. The summed E-state index contributed by atoms with van der Waals surface area (Å²) in [4.78, 5) is 0. The van der Waals surface area contributed by atoms with Gasteiger partial charge in [-0.25, -0.2) is 4.39 Å². The molecule has 0 saturated carbocycles. The van der Waals surface area contributed by atoms with Crippen LogP contribution in [0.2, 0.25) is 0 Å². The number of halogens is 1. The van der Waals surface area contributed by atoms with Crippen LogP contribution in [0.3, 0.4) is 0 Å². The second kappa shape index (κ2) is 4.88. The van der Waals surface area contributed by atoms with Crippen LogP contribution in [0, 0.1) is 0 Å². The highest BCUT2D eigenvalue weighted by Crippen LogP contribution is 2.04. The topological polar surface area (TPSA) is 12.0 Å². The molecule has 0 aliphatic heterocycles. The maximum Gasteiger partial charge on any atom is 0.116 e. The van der Waals surface area contributed by atoms with Gasteiger partial charge >= 0.3 is 0 Å². The van der Waals surface area contributed by atoms with Crippen LogP contribution >= 0.6 is 0 Å². The Bertz CT molecular complexity index is 210. The molecule has 0 spiro atoms. The maximum absolute atomic E-state index is 13.0. The first-order valence-electron chi connectivity index (χ1n) is 4.15. The minimum absolute atomic E-state index is 0.425. The first-order chi connectivity index (χ1) is 5.83. The minimum atomic E-state index is -0.780. The van der Waals surface area contributed by atoms with Gasteiger partial charge in [-0.2, -0.15) is 0 Å². The van der Waals surface area contributed by atoms with E-state index in [0.717, 1.165) is 5.56 Å². The van der Waals surface area contributed by atoms with E-state index in [1.54, 1.807) is 7.05 Å². The summed E-state index contributed by atoms with van der Waals surface area (Å²) in [5.41, 5.74) is 1.06. The predicted octanol–water partition coefficient (Wildman–Crippen LogP) is 1.79. The van der Waals surface area contributed by atoms with Gasteiger partial charge in [0.15, 0.2) is 0 Å². The van der Waals surface area contributed by atoms with E-state index in [2.05, 4.69) is 5.32 Å². The molecule has 0 fully saturated rings. The molecule has 12 heavy (non-hydrogen) atoms. The Labute approximate surface area is 72.6 Å². The fraction of sp³-hybridized carbons (Fsp3) is 0.400. The summed E-state index contributed by atoms with van der Waals surface area (Å²) in [6.07, 6.45) is -0.279. The number of hydrogen-bond donors (Lipinski definition) is 1. The standard InChI is InChI=1S/C10H14FN/c1-12-8-10(11)7-9-5-3-2-4-6-9/h2-6,10,12H,7-8H2,1H3/t10-/m1/s1. The SMILES string of the molecule is CNC[C@H](F)Cc1ccccc1. The van der Waals surface area contributed by atoms with Crippen LogP contribution in [0.4, 0.5) is 4.39 Å². The van der Waals surface area contributed by atoms with Gasteiger partial charge < -0.3 is 5.32 Å². The number of nitrogens with one attached hydrogen (secondary N) is 1. The van der Waals surface area contributed by atoms with Gasteiger partial charge in [0.1, 0.15) is 6.17 Å². The fourth-order valence-corrected chi connectivity index (χ4v) is 1.16. The highest BCUT2D eigenvalue weighted by Gasteiger charge is 2.04. The third-order valence-electron chi connectivity index (χ3n) is 1.73. The van der Waals surface area contributed by atoms with E-state index in [9.17, 15) is 4.39 Å². The van der Waals surface area contributed by atoms with Gasteiger partial charge in [0.2, 0.25) is 0 Å². The lowest BCUT2D eigenvalue weighted by molar-refractivity contribution is 0.324. The van der Waals surface area contributed by atoms with Crippen molar-refractivity contribution in [1.82, 2.24) is 5.32 Å². The fourth-order valence-electron chi connectivity index (χ4n) is 1.16. The minimum Gasteiger partial charge on any atom is -0.317 e. The van der Waals surface area contributed by atoms with Gasteiger partial charge in [-0.15, -0.1) is 0 Å². The van der Waals surface area contributed by atoms with E-state index in [1.165, 1.54) is 0 Å². The lowest BCUT2D eigenvalue weighted by Crippen LogP contribution is -2.21. The van der Waals surface area contributed by atoms with Gasteiger partial charge in [-0.3, -0.25) is 0 Å². The third kappa shape index (κ3) is 3.01. The van der Waals surface area contributed by atoms with E-state index < -0.39 is 6.17 Å². The Morgan fingerprint density at radius 2 is 2.00 bits per heavy atom. The van der Waals surface area contributed by atoms with Crippen molar-refractivity contribution in [3.63, 3.8) is 0 Å². The Hall–Kier alpha value is -0.890. The highest BCUT2D eigenvalue weighted by molar-refractivity contribution is 5.15. The normalized spacial score (nSPS) is 12.8. The van der Waals surface area contributed by atoms with Gasteiger partial charge in [-0.1, -0.05) is 30.3 Å². The van der Waals surface area contributed by atoms with Crippen LogP contribution in [0.25, 0.3) is 0 Å². The van der Waals surface area contributed by atoms with Crippen LogP contribution in [0.15, 0.2) is 30.3 Å². The molecule has 0 bridgehead atoms. The third-order valence-corrected chi connectivity index (χ3v) is 1.73. The Morgan fingerprint density at radius 1 is 1.33 bits per heavy atom. The van der Waals surface area contributed by atoms with Crippen LogP contribution in [0.1, 0.15) is 5.56 Å². The molecular formula is C10H14FN. The summed E-state index contributed by atoms with van der Waals surface area (Å²) in [5.74, 6) is 0. The Kier molecular flexibility index (Phi) is 3.74. The van der Waals surface area contributed by atoms with Crippen LogP contribution < -0.4 is 5.32 Å². The summed E-state index contributed by atoms with van der Waals surface area (Å²) in [6.45, 7) is 0.425. The van der Waals surface area contributed by atoms with Crippen molar-refractivity contribution in [2.24, 2.45) is 0 Å². The largest absolute Gasteiger partial charge is 0.317 e. The van der Waals surface area contributed by atoms with Crippen molar-refractivity contribution in [1.29, 1.82) is 0 Å². The quantitative estimate of drug-likeness (QED) is 0.720. The lowest BCUT2D eigenvalue weighted by Gasteiger charge is -2.06. The molecule has 1 aromatic carbocycles. The molecule has 2 heteroatoms. The van der Waals surface area contributed by atoms with Crippen LogP contribution in [-0.2, 0) is 6.42 Å². The smallest absolute Gasteiger partial charge is 0.116 e. The Balaban J connectivity index is 2.41.